The first-order valence-corrected chi connectivity index (χ1v) is 8.75. The Labute approximate surface area is 158 Å². The van der Waals surface area contributed by atoms with E-state index in [9.17, 15) is 14.4 Å². The van der Waals surface area contributed by atoms with Crippen LogP contribution in [0.3, 0.4) is 0 Å². The van der Waals surface area contributed by atoms with Crippen molar-refractivity contribution in [2.45, 2.75) is 31.8 Å². The van der Waals surface area contributed by atoms with E-state index in [0.717, 1.165) is 11.1 Å². The van der Waals surface area contributed by atoms with E-state index in [2.05, 4.69) is 10.6 Å². The minimum atomic E-state index is -0.664. The highest BCUT2D eigenvalue weighted by Crippen LogP contribution is 2.13. The van der Waals surface area contributed by atoms with Crippen molar-refractivity contribution in [3.05, 3.63) is 71.3 Å². The second-order valence-electron chi connectivity index (χ2n) is 6.29. The minimum absolute atomic E-state index is 0.227. The van der Waals surface area contributed by atoms with Gasteiger partial charge in [-0.1, -0.05) is 48.5 Å². The van der Waals surface area contributed by atoms with Gasteiger partial charge >= 0.3 is 5.97 Å². The van der Waals surface area contributed by atoms with E-state index in [4.69, 9.17) is 4.74 Å². The van der Waals surface area contributed by atoms with Crippen LogP contribution >= 0.6 is 0 Å². The quantitative estimate of drug-likeness (QED) is 0.523. The van der Waals surface area contributed by atoms with Gasteiger partial charge in [-0.3, -0.25) is 9.59 Å². The SMILES string of the molecule is COC(=O)c1ccccc1C[C@@H](C)NC(=O)[C@H](Cc1ccccc1)NC=O. The Bertz CT molecular complexity index is 777. The Hall–Kier alpha value is -3.15. The lowest BCUT2D eigenvalue weighted by Crippen LogP contribution is -2.48. The first-order valence-electron chi connectivity index (χ1n) is 8.75. The fraction of sp³-hybridized carbons (Fsp3) is 0.286. The summed E-state index contributed by atoms with van der Waals surface area (Å²) in [5.41, 5.74) is 2.23. The van der Waals surface area contributed by atoms with Gasteiger partial charge in [0.2, 0.25) is 12.3 Å². The van der Waals surface area contributed by atoms with Gasteiger partial charge in [-0.15, -0.1) is 0 Å². The van der Waals surface area contributed by atoms with Crippen molar-refractivity contribution >= 4 is 18.3 Å². The molecule has 142 valence electrons. The molecule has 0 bridgehead atoms. The average molecular weight is 368 g/mol. The van der Waals surface area contributed by atoms with Crippen molar-refractivity contribution in [3.63, 3.8) is 0 Å². The number of methoxy groups -OCH3 is 1. The Morgan fingerprint density at radius 2 is 1.70 bits per heavy atom. The predicted octanol–water partition coefficient (Wildman–Crippen LogP) is 1.88. The minimum Gasteiger partial charge on any atom is -0.465 e. The van der Waals surface area contributed by atoms with E-state index >= 15 is 0 Å². The topological polar surface area (TPSA) is 84.5 Å². The van der Waals surface area contributed by atoms with Gasteiger partial charge in [-0.2, -0.15) is 0 Å². The maximum absolute atomic E-state index is 12.6. The van der Waals surface area contributed by atoms with Crippen LogP contribution in [0.2, 0.25) is 0 Å². The lowest BCUT2D eigenvalue weighted by Gasteiger charge is -2.20. The van der Waals surface area contributed by atoms with Gasteiger partial charge in [-0.25, -0.2) is 4.79 Å². The van der Waals surface area contributed by atoms with Gasteiger partial charge in [0.25, 0.3) is 0 Å². The standard InChI is InChI=1S/C21H24N2O4/c1-15(12-17-10-6-7-11-18(17)21(26)27-2)23-20(25)19(22-14-24)13-16-8-4-3-5-9-16/h3-11,14-15,19H,12-13H2,1-2H3,(H,22,24)(H,23,25)/t15-,19+/m1/s1. The molecule has 0 radical (unpaired) electrons. The van der Waals surface area contributed by atoms with Gasteiger partial charge in [0, 0.05) is 12.5 Å². The zero-order valence-corrected chi connectivity index (χ0v) is 15.5. The second kappa shape index (κ2) is 10.1. The molecule has 0 aliphatic carbocycles. The normalized spacial score (nSPS) is 12.5. The van der Waals surface area contributed by atoms with Crippen molar-refractivity contribution in [1.82, 2.24) is 10.6 Å². The number of ether oxygens (including phenoxy) is 1. The predicted molar refractivity (Wildman–Crippen MR) is 102 cm³/mol. The Morgan fingerprint density at radius 3 is 2.37 bits per heavy atom. The van der Waals surface area contributed by atoms with Crippen molar-refractivity contribution < 1.29 is 19.1 Å². The summed E-state index contributed by atoms with van der Waals surface area (Å²) >= 11 is 0. The van der Waals surface area contributed by atoms with Crippen LogP contribution in [-0.2, 0) is 27.2 Å². The number of rotatable bonds is 9. The Balaban J connectivity index is 2.03. The fourth-order valence-corrected chi connectivity index (χ4v) is 2.89. The summed E-state index contributed by atoms with van der Waals surface area (Å²) in [6.45, 7) is 1.85. The van der Waals surface area contributed by atoms with E-state index in [1.165, 1.54) is 7.11 Å². The van der Waals surface area contributed by atoms with Crippen LogP contribution in [0.4, 0.5) is 0 Å². The van der Waals surface area contributed by atoms with E-state index in [0.29, 0.717) is 24.8 Å². The van der Waals surface area contributed by atoms with Crippen LogP contribution in [0.5, 0.6) is 0 Å². The van der Waals surface area contributed by atoms with Gasteiger partial charge < -0.3 is 15.4 Å². The largest absolute Gasteiger partial charge is 0.465 e. The van der Waals surface area contributed by atoms with E-state index < -0.39 is 12.0 Å². The molecule has 2 aromatic carbocycles. The van der Waals surface area contributed by atoms with Crippen LogP contribution in [0.15, 0.2) is 54.6 Å². The average Bonchev–Trinajstić information content (AvgIpc) is 2.68. The molecule has 6 nitrogen and oxygen atoms in total. The number of carbonyl (C=O) groups is 3. The number of amides is 2. The Kier molecular flexibility index (Phi) is 7.55. The molecule has 0 aliphatic heterocycles. The monoisotopic (exact) mass is 368 g/mol. The Morgan fingerprint density at radius 1 is 1.04 bits per heavy atom. The summed E-state index contributed by atoms with van der Waals surface area (Å²) in [6.07, 6.45) is 1.40. The molecule has 2 amide bonds. The summed E-state index contributed by atoms with van der Waals surface area (Å²) in [4.78, 5) is 35.4. The zero-order valence-electron chi connectivity index (χ0n) is 15.5. The van der Waals surface area contributed by atoms with Crippen LogP contribution in [0.1, 0.15) is 28.4 Å². The van der Waals surface area contributed by atoms with Gasteiger partial charge in [0.15, 0.2) is 0 Å². The molecular weight excluding hydrogens is 344 g/mol. The number of hydrogen-bond donors (Lipinski definition) is 2. The van der Waals surface area contributed by atoms with Crippen molar-refractivity contribution in [1.29, 1.82) is 0 Å². The molecule has 0 fully saturated rings. The third-order valence-electron chi connectivity index (χ3n) is 4.21. The highest BCUT2D eigenvalue weighted by Gasteiger charge is 2.21. The fourth-order valence-electron chi connectivity index (χ4n) is 2.89. The molecule has 2 N–H and O–H groups in total. The smallest absolute Gasteiger partial charge is 0.338 e. The molecule has 0 unspecified atom stereocenters. The van der Waals surface area contributed by atoms with Gasteiger partial charge in [0.1, 0.15) is 6.04 Å². The third kappa shape index (κ3) is 5.95. The van der Waals surface area contributed by atoms with Crippen LogP contribution in [0.25, 0.3) is 0 Å². The summed E-state index contributed by atoms with van der Waals surface area (Å²) in [5.74, 6) is -0.678. The van der Waals surface area contributed by atoms with Crippen molar-refractivity contribution in [3.8, 4) is 0 Å². The summed E-state index contributed by atoms with van der Waals surface area (Å²) < 4.78 is 4.80. The molecule has 6 heteroatoms. The summed E-state index contributed by atoms with van der Waals surface area (Å²) in [7, 11) is 1.34. The highest BCUT2D eigenvalue weighted by molar-refractivity contribution is 5.91. The lowest BCUT2D eigenvalue weighted by molar-refractivity contribution is -0.125. The molecule has 2 aromatic rings. The maximum Gasteiger partial charge on any atom is 0.338 e. The van der Waals surface area contributed by atoms with Crippen molar-refractivity contribution in [2.75, 3.05) is 7.11 Å². The van der Waals surface area contributed by atoms with E-state index in [-0.39, 0.29) is 11.9 Å². The zero-order chi connectivity index (χ0) is 19.6. The molecule has 27 heavy (non-hydrogen) atoms. The molecule has 2 atom stereocenters. The number of benzene rings is 2. The third-order valence-corrected chi connectivity index (χ3v) is 4.21. The number of nitrogens with one attached hydrogen (secondary N) is 2. The first-order chi connectivity index (χ1) is 13.0. The summed E-state index contributed by atoms with van der Waals surface area (Å²) in [6, 6.07) is 15.7. The maximum atomic E-state index is 12.6. The van der Waals surface area contributed by atoms with Crippen LogP contribution in [0, 0.1) is 0 Å². The molecule has 0 saturated carbocycles. The van der Waals surface area contributed by atoms with Gasteiger partial charge in [-0.05, 0) is 30.5 Å². The first kappa shape index (κ1) is 20.2. The molecule has 2 rings (SSSR count). The van der Waals surface area contributed by atoms with Gasteiger partial charge in [0.05, 0.1) is 12.7 Å². The highest BCUT2D eigenvalue weighted by atomic mass is 16.5. The summed E-state index contributed by atoms with van der Waals surface area (Å²) in [5, 5.41) is 5.48. The molecular formula is C21H24N2O4. The number of hydrogen-bond acceptors (Lipinski definition) is 4. The molecule has 0 spiro atoms. The van der Waals surface area contributed by atoms with Crippen molar-refractivity contribution in [2.24, 2.45) is 0 Å². The number of carbonyl (C=O) groups excluding carboxylic acids is 3. The molecule has 0 aliphatic rings. The molecule has 0 aromatic heterocycles. The van der Waals surface area contributed by atoms with E-state index in [1.807, 2.05) is 49.4 Å². The molecule has 0 heterocycles. The molecule has 0 saturated heterocycles. The number of esters is 1. The van der Waals surface area contributed by atoms with Crippen LogP contribution in [-0.4, -0.2) is 37.5 Å². The second-order valence-corrected chi connectivity index (χ2v) is 6.29. The van der Waals surface area contributed by atoms with E-state index in [1.54, 1.807) is 12.1 Å². The van der Waals surface area contributed by atoms with Crippen LogP contribution < -0.4 is 10.6 Å². The lowest BCUT2D eigenvalue weighted by atomic mass is 10.00.